The number of carboxylic acids is 1. The number of aryl methyl sites for hydroxylation is 1. The molecule has 1 rings (SSSR count). The smallest absolute Gasteiger partial charge is 0.401 e. The average Bonchev–Trinajstić information content (AvgIpc) is 2.17. The van der Waals surface area contributed by atoms with Crippen LogP contribution in [0.1, 0.15) is 11.3 Å². The Balaban J connectivity index is 2.78. The van der Waals surface area contributed by atoms with Crippen LogP contribution in [0.2, 0.25) is 0 Å². The van der Waals surface area contributed by atoms with Gasteiger partial charge in [0.2, 0.25) is 0 Å². The van der Waals surface area contributed by atoms with Crippen LogP contribution in [0.4, 0.5) is 13.2 Å². The molecule has 1 N–H and O–H groups in total. The number of hydrogen-bond acceptors (Lipinski definition) is 3. The van der Waals surface area contributed by atoms with Crippen molar-refractivity contribution in [1.29, 1.82) is 0 Å². The number of carbonyl (C=O) groups is 1. The lowest BCUT2D eigenvalue weighted by Crippen LogP contribution is -2.37. The summed E-state index contributed by atoms with van der Waals surface area (Å²) in [7, 11) is 0. The van der Waals surface area contributed by atoms with Gasteiger partial charge in [0.05, 0.1) is 18.8 Å². The molecule has 0 amide bonds. The van der Waals surface area contributed by atoms with Crippen LogP contribution in [0, 0.1) is 6.92 Å². The Kier molecular flexibility index (Phi) is 4.66. The quantitative estimate of drug-likeness (QED) is 0.879. The number of hydrogen-bond donors (Lipinski definition) is 1. The molecule has 0 fully saturated rings. The maximum Gasteiger partial charge on any atom is 0.401 e. The Bertz CT molecular complexity index is 421. The number of pyridine rings is 1. The molecule has 0 saturated heterocycles. The van der Waals surface area contributed by atoms with Gasteiger partial charge in [0.15, 0.2) is 0 Å². The largest absolute Gasteiger partial charge is 0.480 e. The molecule has 0 saturated carbocycles. The summed E-state index contributed by atoms with van der Waals surface area (Å²) < 4.78 is 36.9. The summed E-state index contributed by atoms with van der Waals surface area (Å²) in [6.45, 7) is -0.363. The topological polar surface area (TPSA) is 53.4 Å². The lowest BCUT2D eigenvalue weighted by atomic mass is 10.2. The van der Waals surface area contributed by atoms with Crippen LogP contribution in [0.15, 0.2) is 18.3 Å². The number of nitrogens with zero attached hydrogens (tertiary/aromatic N) is 2. The lowest BCUT2D eigenvalue weighted by Gasteiger charge is -2.21. The van der Waals surface area contributed by atoms with Gasteiger partial charge in [-0.2, -0.15) is 13.2 Å². The van der Waals surface area contributed by atoms with Gasteiger partial charge < -0.3 is 5.11 Å². The van der Waals surface area contributed by atoms with E-state index < -0.39 is 25.2 Å². The summed E-state index contributed by atoms with van der Waals surface area (Å²) >= 11 is 0. The minimum atomic E-state index is -4.43. The summed E-state index contributed by atoms with van der Waals surface area (Å²) in [4.78, 5) is 15.3. The molecular weight excluding hydrogens is 249 g/mol. The van der Waals surface area contributed by atoms with Crippen molar-refractivity contribution in [2.24, 2.45) is 0 Å². The highest BCUT2D eigenvalue weighted by Crippen LogP contribution is 2.18. The van der Waals surface area contributed by atoms with Crippen molar-refractivity contribution in [2.45, 2.75) is 19.6 Å². The van der Waals surface area contributed by atoms with Crippen LogP contribution in [0.5, 0.6) is 0 Å². The van der Waals surface area contributed by atoms with Crippen molar-refractivity contribution in [3.63, 3.8) is 0 Å². The highest BCUT2D eigenvalue weighted by molar-refractivity contribution is 5.69. The molecule has 0 aliphatic rings. The third-order valence-corrected chi connectivity index (χ3v) is 2.25. The SMILES string of the molecule is Cc1cccnc1CN(CC(=O)O)CC(F)(F)F. The minimum Gasteiger partial charge on any atom is -0.480 e. The predicted octanol–water partition coefficient (Wildman–Crippen LogP) is 1.84. The number of alkyl halides is 3. The van der Waals surface area contributed by atoms with E-state index in [4.69, 9.17) is 5.11 Å². The van der Waals surface area contributed by atoms with Gasteiger partial charge in [-0.05, 0) is 18.6 Å². The zero-order valence-corrected chi connectivity index (χ0v) is 9.74. The standard InChI is InChI=1S/C11H13F3N2O2/c1-8-3-2-4-15-9(8)5-16(6-10(17)18)7-11(12,13)14/h2-4H,5-7H2,1H3,(H,17,18). The predicted molar refractivity (Wildman–Crippen MR) is 57.9 cm³/mol. The molecule has 0 bridgehead atoms. The van der Waals surface area contributed by atoms with E-state index in [1.807, 2.05) is 0 Å². The van der Waals surface area contributed by atoms with Gasteiger partial charge in [-0.1, -0.05) is 6.07 Å². The fourth-order valence-corrected chi connectivity index (χ4v) is 1.51. The number of rotatable bonds is 5. The molecule has 0 spiro atoms. The van der Waals surface area contributed by atoms with Crippen LogP contribution in [0.25, 0.3) is 0 Å². The molecule has 7 heteroatoms. The van der Waals surface area contributed by atoms with Crippen LogP contribution >= 0.6 is 0 Å². The number of halogens is 3. The van der Waals surface area contributed by atoms with Crippen LogP contribution in [-0.2, 0) is 11.3 Å². The third-order valence-electron chi connectivity index (χ3n) is 2.25. The van der Waals surface area contributed by atoms with E-state index in [9.17, 15) is 18.0 Å². The number of aliphatic carboxylic acids is 1. The molecule has 1 heterocycles. The van der Waals surface area contributed by atoms with E-state index in [0.717, 1.165) is 10.5 Å². The van der Waals surface area contributed by atoms with Gasteiger partial charge >= 0.3 is 12.1 Å². The molecule has 1 aromatic rings. The lowest BCUT2D eigenvalue weighted by molar-refractivity contribution is -0.155. The van der Waals surface area contributed by atoms with Crippen molar-refractivity contribution >= 4 is 5.97 Å². The molecule has 0 unspecified atom stereocenters. The van der Waals surface area contributed by atoms with Gasteiger partial charge in [0.1, 0.15) is 0 Å². The highest BCUT2D eigenvalue weighted by atomic mass is 19.4. The maximum atomic E-state index is 12.3. The Labute approximate surface area is 102 Å². The third kappa shape index (κ3) is 5.13. The summed E-state index contributed by atoms with van der Waals surface area (Å²) in [6.07, 6.45) is -2.97. The van der Waals surface area contributed by atoms with Crippen molar-refractivity contribution in [2.75, 3.05) is 13.1 Å². The van der Waals surface area contributed by atoms with Crippen LogP contribution < -0.4 is 0 Å². The molecule has 100 valence electrons. The summed E-state index contributed by atoms with van der Waals surface area (Å²) in [5.74, 6) is -1.30. The number of carboxylic acid groups (broad SMARTS) is 1. The summed E-state index contributed by atoms with van der Waals surface area (Å²) in [5, 5.41) is 8.60. The fraction of sp³-hybridized carbons (Fsp3) is 0.455. The molecule has 0 aliphatic carbocycles. The molecule has 18 heavy (non-hydrogen) atoms. The molecule has 0 radical (unpaired) electrons. The van der Waals surface area contributed by atoms with Gasteiger partial charge in [0, 0.05) is 12.7 Å². The van der Waals surface area contributed by atoms with E-state index in [0.29, 0.717) is 5.69 Å². The molecule has 0 aliphatic heterocycles. The van der Waals surface area contributed by atoms with E-state index in [1.165, 1.54) is 6.20 Å². The van der Waals surface area contributed by atoms with Crippen molar-refractivity contribution < 1.29 is 23.1 Å². The highest BCUT2D eigenvalue weighted by Gasteiger charge is 2.31. The van der Waals surface area contributed by atoms with Gasteiger partial charge in [-0.3, -0.25) is 14.7 Å². The summed E-state index contributed by atoms with van der Waals surface area (Å²) in [5.41, 5.74) is 1.18. The van der Waals surface area contributed by atoms with E-state index in [2.05, 4.69) is 4.98 Å². The van der Waals surface area contributed by atoms with Crippen LogP contribution in [-0.4, -0.2) is 40.2 Å². The van der Waals surface area contributed by atoms with Crippen molar-refractivity contribution in [3.8, 4) is 0 Å². The molecular formula is C11H13F3N2O2. The van der Waals surface area contributed by atoms with Gasteiger partial charge in [-0.25, -0.2) is 0 Å². The van der Waals surface area contributed by atoms with E-state index in [-0.39, 0.29) is 6.54 Å². The van der Waals surface area contributed by atoms with Gasteiger partial charge in [0.25, 0.3) is 0 Å². The zero-order chi connectivity index (χ0) is 13.8. The Morgan fingerprint density at radius 3 is 2.67 bits per heavy atom. The van der Waals surface area contributed by atoms with E-state index in [1.54, 1.807) is 19.1 Å². The molecule has 0 aromatic carbocycles. The van der Waals surface area contributed by atoms with Crippen molar-refractivity contribution in [1.82, 2.24) is 9.88 Å². The average molecular weight is 262 g/mol. The molecule has 4 nitrogen and oxygen atoms in total. The zero-order valence-electron chi connectivity index (χ0n) is 9.74. The normalized spacial score (nSPS) is 11.8. The molecule has 0 atom stereocenters. The Morgan fingerprint density at radius 1 is 1.50 bits per heavy atom. The second-order valence-electron chi connectivity index (χ2n) is 3.92. The van der Waals surface area contributed by atoms with Crippen LogP contribution in [0.3, 0.4) is 0 Å². The maximum absolute atomic E-state index is 12.3. The second kappa shape index (κ2) is 5.81. The monoisotopic (exact) mass is 262 g/mol. The first-order valence-electron chi connectivity index (χ1n) is 5.19. The fourth-order valence-electron chi connectivity index (χ4n) is 1.51. The first-order valence-corrected chi connectivity index (χ1v) is 5.19. The summed E-state index contributed by atoms with van der Waals surface area (Å²) in [6, 6.07) is 3.39. The first kappa shape index (κ1) is 14.4. The number of aromatic nitrogens is 1. The Hall–Kier alpha value is -1.63. The molecule has 1 aromatic heterocycles. The van der Waals surface area contributed by atoms with Crippen molar-refractivity contribution in [3.05, 3.63) is 29.6 Å². The van der Waals surface area contributed by atoms with Gasteiger partial charge in [-0.15, -0.1) is 0 Å². The van der Waals surface area contributed by atoms with E-state index >= 15 is 0 Å². The first-order chi connectivity index (χ1) is 8.28. The minimum absolute atomic E-state index is 0.140. The Morgan fingerprint density at radius 2 is 2.17 bits per heavy atom. The second-order valence-corrected chi connectivity index (χ2v) is 3.92.